The lowest BCUT2D eigenvalue weighted by Gasteiger charge is -1.80. The normalized spacial score (nSPS) is 10.1. The molecule has 0 aliphatic heterocycles. The van der Waals surface area contributed by atoms with Crippen LogP contribution < -0.4 is 0 Å². The van der Waals surface area contributed by atoms with Gasteiger partial charge in [-0.15, -0.1) is 0 Å². The summed E-state index contributed by atoms with van der Waals surface area (Å²) in [6.07, 6.45) is 0. The molecular weight excluding hydrogens is 256 g/mol. The smallest absolute Gasteiger partial charge is 0.264 e. The molecule has 0 heterocycles. The van der Waals surface area contributed by atoms with Gasteiger partial charge in [-0.2, -0.15) is 8.42 Å². The van der Waals surface area contributed by atoms with Crippen LogP contribution in [0.1, 0.15) is 6.92 Å². The molecule has 0 radical (unpaired) electrons. The van der Waals surface area contributed by atoms with Crippen LogP contribution in [0.25, 0.3) is 0 Å². The fourth-order valence-electron chi connectivity index (χ4n) is 0.415. The van der Waals surface area contributed by atoms with Crippen LogP contribution in [-0.2, 0) is 10.1 Å². The third-order valence-corrected chi connectivity index (χ3v) is 2.36. The van der Waals surface area contributed by atoms with E-state index in [-0.39, 0.29) is 5.75 Å². The van der Waals surface area contributed by atoms with Gasteiger partial charge < -0.3 is 0 Å². The van der Waals surface area contributed by atoms with Crippen LogP contribution in [0.5, 0.6) is 0 Å². The predicted octanol–water partition coefficient (Wildman–Crippen LogP) is 2.34. The van der Waals surface area contributed by atoms with Crippen molar-refractivity contribution >= 4 is 26.0 Å². The van der Waals surface area contributed by atoms with Crippen molar-refractivity contribution in [1.29, 1.82) is 0 Å². The first-order valence-corrected chi connectivity index (χ1v) is 6.01. The molecular formula is C8H11BrO3S. The minimum Gasteiger partial charge on any atom is -0.286 e. The Balaban J connectivity index is 0.000000226. The quantitative estimate of drug-likeness (QED) is 0.794. The molecule has 1 N–H and O–H groups in total. The lowest BCUT2D eigenvalue weighted by atomic mass is 10.4. The Hall–Kier alpha value is -0.390. The topological polar surface area (TPSA) is 54.4 Å². The van der Waals surface area contributed by atoms with E-state index in [0.29, 0.717) is 0 Å². The number of hydrogen-bond donors (Lipinski definition) is 1. The van der Waals surface area contributed by atoms with Gasteiger partial charge in [-0.3, -0.25) is 4.55 Å². The van der Waals surface area contributed by atoms with E-state index in [1.807, 2.05) is 30.3 Å². The number of rotatable bonds is 1. The monoisotopic (exact) mass is 266 g/mol. The second-order valence-electron chi connectivity index (χ2n) is 2.17. The SMILES string of the molecule is Brc1ccccc1.CCS(=O)(=O)O. The molecule has 1 aromatic carbocycles. The summed E-state index contributed by atoms with van der Waals surface area (Å²) in [6, 6.07) is 9.97. The van der Waals surface area contributed by atoms with E-state index in [9.17, 15) is 8.42 Å². The third kappa shape index (κ3) is 9.52. The molecule has 13 heavy (non-hydrogen) atoms. The molecule has 0 spiro atoms. The van der Waals surface area contributed by atoms with Crippen LogP contribution in [0, 0.1) is 0 Å². The number of benzene rings is 1. The molecule has 1 rings (SSSR count). The van der Waals surface area contributed by atoms with Gasteiger partial charge in [0.2, 0.25) is 0 Å². The van der Waals surface area contributed by atoms with Gasteiger partial charge in [0.1, 0.15) is 0 Å². The molecule has 0 aliphatic rings. The van der Waals surface area contributed by atoms with Gasteiger partial charge in [0, 0.05) is 4.47 Å². The van der Waals surface area contributed by atoms with Crippen molar-refractivity contribution in [2.24, 2.45) is 0 Å². The second kappa shape index (κ2) is 6.12. The van der Waals surface area contributed by atoms with Crippen LogP contribution in [0.15, 0.2) is 34.8 Å². The maximum Gasteiger partial charge on any atom is 0.264 e. The van der Waals surface area contributed by atoms with E-state index < -0.39 is 10.1 Å². The average molecular weight is 267 g/mol. The fourth-order valence-corrected chi connectivity index (χ4v) is 0.720. The summed E-state index contributed by atoms with van der Waals surface area (Å²) < 4.78 is 28.0. The second-order valence-corrected chi connectivity index (χ2v) is 4.82. The molecule has 74 valence electrons. The van der Waals surface area contributed by atoms with Crippen LogP contribution >= 0.6 is 15.9 Å². The average Bonchev–Trinajstić information content (AvgIpc) is 2.06. The summed E-state index contributed by atoms with van der Waals surface area (Å²) in [6.45, 7) is 1.37. The third-order valence-electron chi connectivity index (χ3n) is 1.10. The van der Waals surface area contributed by atoms with E-state index in [0.717, 1.165) is 4.47 Å². The van der Waals surface area contributed by atoms with Crippen LogP contribution in [0.4, 0.5) is 0 Å². The molecule has 0 saturated heterocycles. The highest BCUT2D eigenvalue weighted by Crippen LogP contribution is 2.05. The molecule has 0 bridgehead atoms. The molecule has 0 aliphatic carbocycles. The van der Waals surface area contributed by atoms with Crippen molar-refractivity contribution in [3.05, 3.63) is 34.8 Å². The molecule has 1 aromatic rings. The maximum absolute atomic E-state index is 9.56. The summed E-state index contributed by atoms with van der Waals surface area (Å²) in [5.74, 6) is -0.201. The van der Waals surface area contributed by atoms with E-state index in [4.69, 9.17) is 4.55 Å². The molecule has 0 atom stereocenters. The van der Waals surface area contributed by atoms with Gasteiger partial charge in [0.15, 0.2) is 0 Å². The van der Waals surface area contributed by atoms with E-state index in [1.165, 1.54) is 6.92 Å². The molecule has 0 amide bonds. The first-order valence-electron chi connectivity index (χ1n) is 3.61. The highest BCUT2D eigenvalue weighted by atomic mass is 79.9. The molecule has 5 heteroatoms. The summed E-state index contributed by atoms with van der Waals surface area (Å²) in [5, 5.41) is 0. The van der Waals surface area contributed by atoms with Crippen LogP contribution in [0.3, 0.4) is 0 Å². The van der Waals surface area contributed by atoms with E-state index in [1.54, 1.807) is 0 Å². The zero-order valence-corrected chi connectivity index (χ0v) is 9.55. The molecule has 0 fully saturated rings. The minimum atomic E-state index is -3.66. The zero-order chi connectivity index (χ0) is 10.3. The number of halogens is 1. The fraction of sp³-hybridized carbons (Fsp3) is 0.250. The van der Waals surface area contributed by atoms with Crippen molar-refractivity contribution in [2.75, 3.05) is 5.75 Å². The lowest BCUT2D eigenvalue weighted by Crippen LogP contribution is -1.97. The zero-order valence-electron chi connectivity index (χ0n) is 7.14. The Morgan fingerprint density at radius 1 is 1.31 bits per heavy atom. The van der Waals surface area contributed by atoms with E-state index in [2.05, 4.69) is 15.9 Å². The van der Waals surface area contributed by atoms with Crippen LogP contribution in [-0.4, -0.2) is 18.7 Å². The van der Waals surface area contributed by atoms with Gasteiger partial charge >= 0.3 is 0 Å². The van der Waals surface area contributed by atoms with Crippen molar-refractivity contribution < 1.29 is 13.0 Å². The summed E-state index contributed by atoms with van der Waals surface area (Å²) in [4.78, 5) is 0. The van der Waals surface area contributed by atoms with Gasteiger partial charge in [0.25, 0.3) is 10.1 Å². The van der Waals surface area contributed by atoms with Gasteiger partial charge in [-0.05, 0) is 19.1 Å². The van der Waals surface area contributed by atoms with Crippen molar-refractivity contribution in [1.82, 2.24) is 0 Å². The number of hydrogen-bond acceptors (Lipinski definition) is 2. The molecule has 0 saturated carbocycles. The summed E-state index contributed by atoms with van der Waals surface area (Å²) in [5.41, 5.74) is 0. The Kier molecular flexibility index (Phi) is 5.94. The van der Waals surface area contributed by atoms with Crippen LogP contribution in [0.2, 0.25) is 0 Å². The largest absolute Gasteiger partial charge is 0.286 e. The lowest BCUT2D eigenvalue weighted by molar-refractivity contribution is 0.484. The van der Waals surface area contributed by atoms with Crippen molar-refractivity contribution in [3.8, 4) is 0 Å². The van der Waals surface area contributed by atoms with Crippen molar-refractivity contribution in [2.45, 2.75) is 6.92 Å². The first kappa shape index (κ1) is 12.6. The van der Waals surface area contributed by atoms with Gasteiger partial charge in [-0.1, -0.05) is 34.1 Å². The Labute approximate surface area is 86.7 Å². The highest BCUT2D eigenvalue weighted by Gasteiger charge is 1.93. The van der Waals surface area contributed by atoms with E-state index >= 15 is 0 Å². The first-order chi connectivity index (χ1) is 5.95. The van der Waals surface area contributed by atoms with Gasteiger partial charge in [-0.25, -0.2) is 0 Å². The maximum atomic E-state index is 9.56. The predicted molar refractivity (Wildman–Crippen MR) is 56.2 cm³/mol. The standard InChI is InChI=1S/C6H5Br.C2H6O3S/c7-6-4-2-1-3-5-6;1-2-6(3,4)5/h1-5H;2H2,1H3,(H,3,4,5). The van der Waals surface area contributed by atoms with Crippen molar-refractivity contribution in [3.63, 3.8) is 0 Å². The minimum absolute atomic E-state index is 0.201. The van der Waals surface area contributed by atoms with Gasteiger partial charge in [0.05, 0.1) is 5.75 Å². The molecule has 0 unspecified atom stereocenters. The Morgan fingerprint density at radius 2 is 1.69 bits per heavy atom. The highest BCUT2D eigenvalue weighted by molar-refractivity contribution is 9.10. The summed E-state index contributed by atoms with van der Waals surface area (Å²) >= 11 is 3.31. The Bertz CT molecular complexity index is 321. The summed E-state index contributed by atoms with van der Waals surface area (Å²) in [7, 11) is -3.66. The molecule has 0 aromatic heterocycles. The molecule has 3 nitrogen and oxygen atoms in total. The Morgan fingerprint density at radius 3 is 1.85 bits per heavy atom.